The zero-order valence-electron chi connectivity index (χ0n) is 18.5. The maximum atomic E-state index is 14.0. The number of hydrogen-bond donors (Lipinski definition) is 1. The molecule has 5 nitrogen and oxygen atoms in total. The highest BCUT2D eigenvalue weighted by Gasteiger charge is 2.23. The minimum Gasteiger partial charge on any atom is -0.323 e. The molecule has 0 aliphatic rings. The van der Waals surface area contributed by atoms with Crippen LogP contribution in [-0.2, 0) is 4.79 Å². The number of carbonyl (C=O) groups excluding carboxylic acids is 1. The van der Waals surface area contributed by atoms with Crippen molar-refractivity contribution in [1.82, 2.24) is 9.55 Å². The number of halogens is 3. The van der Waals surface area contributed by atoms with Crippen LogP contribution >= 0.6 is 11.8 Å². The van der Waals surface area contributed by atoms with Crippen LogP contribution in [0.3, 0.4) is 0 Å². The lowest BCUT2D eigenvalue weighted by molar-refractivity contribution is -0.115. The van der Waals surface area contributed by atoms with Gasteiger partial charge >= 0.3 is 0 Å². The minimum atomic E-state index is -1.67. The maximum Gasteiger partial charge on any atom is 0.266 e. The van der Waals surface area contributed by atoms with Crippen LogP contribution in [0.25, 0.3) is 16.6 Å². The Hall–Kier alpha value is -3.59. The van der Waals surface area contributed by atoms with Crippen molar-refractivity contribution in [2.24, 2.45) is 0 Å². The van der Waals surface area contributed by atoms with Crippen molar-refractivity contribution in [3.05, 3.63) is 93.5 Å². The van der Waals surface area contributed by atoms with E-state index in [0.29, 0.717) is 16.6 Å². The van der Waals surface area contributed by atoms with Crippen molar-refractivity contribution in [2.45, 2.75) is 31.2 Å². The van der Waals surface area contributed by atoms with Crippen LogP contribution in [0.5, 0.6) is 0 Å². The molecule has 0 radical (unpaired) electrons. The van der Waals surface area contributed by atoms with Gasteiger partial charge in [-0.15, -0.1) is 0 Å². The van der Waals surface area contributed by atoms with Gasteiger partial charge < -0.3 is 5.32 Å². The summed E-state index contributed by atoms with van der Waals surface area (Å²) in [5.74, 6) is -5.17. The number of aryl methyl sites for hydroxylation is 2. The fraction of sp³-hybridized carbons (Fsp3) is 0.160. The molecule has 4 aromatic rings. The Balaban J connectivity index is 1.74. The molecule has 0 aliphatic heterocycles. The van der Waals surface area contributed by atoms with Gasteiger partial charge in [0.25, 0.3) is 5.56 Å². The molecule has 3 aromatic carbocycles. The Bertz CT molecular complexity index is 1490. The summed E-state index contributed by atoms with van der Waals surface area (Å²) in [7, 11) is 0. The van der Waals surface area contributed by atoms with E-state index in [9.17, 15) is 22.8 Å². The van der Waals surface area contributed by atoms with Gasteiger partial charge in [-0.1, -0.05) is 41.6 Å². The lowest BCUT2D eigenvalue weighted by Crippen LogP contribution is -2.27. The number of carbonyl (C=O) groups is 1. The number of nitrogens with one attached hydrogen (secondary N) is 1. The number of anilines is 1. The second kappa shape index (κ2) is 9.34. The molecule has 0 spiro atoms. The van der Waals surface area contributed by atoms with Crippen LogP contribution < -0.4 is 10.9 Å². The first-order valence-electron chi connectivity index (χ1n) is 10.4. The molecule has 0 fully saturated rings. The molecule has 1 amide bonds. The van der Waals surface area contributed by atoms with Crippen molar-refractivity contribution >= 4 is 34.3 Å². The number of rotatable bonds is 5. The van der Waals surface area contributed by atoms with Crippen LogP contribution in [0.2, 0.25) is 0 Å². The number of nitrogens with zero attached hydrogens (tertiary/aromatic N) is 2. The third-order valence-electron chi connectivity index (χ3n) is 5.28. The molecular weight excluding hydrogens is 463 g/mol. The molecule has 1 aromatic heterocycles. The van der Waals surface area contributed by atoms with Gasteiger partial charge in [0, 0.05) is 0 Å². The first-order valence-corrected chi connectivity index (χ1v) is 11.3. The monoisotopic (exact) mass is 483 g/mol. The molecule has 4 rings (SSSR count). The van der Waals surface area contributed by atoms with E-state index >= 15 is 0 Å². The predicted octanol–water partition coefficient (Wildman–Crippen LogP) is 5.54. The van der Waals surface area contributed by atoms with Crippen LogP contribution in [0, 0.1) is 31.3 Å². The molecule has 1 N–H and O–H groups in total. The minimum absolute atomic E-state index is 0.268. The zero-order valence-corrected chi connectivity index (χ0v) is 19.3. The summed E-state index contributed by atoms with van der Waals surface area (Å²) in [4.78, 5) is 30.8. The van der Waals surface area contributed by atoms with Crippen molar-refractivity contribution in [3.63, 3.8) is 0 Å². The summed E-state index contributed by atoms with van der Waals surface area (Å²) in [6, 6.07) is 14.2. The number of benzene rings is 3. The third kappa shape index (κ3) is 4.43. The fourth-order valence-electron chi connectivity index (χ4n) is 3.53. The average Bonchev–Trinajstić information content (AvgIpc) is 2.80. The van der Waals surface area contributed by atoms with E-state index in [2.05, 4.69) is 10.3 Å². The molecule has 0 saturated heterocycles. The average molecular weight is 484 g/mol. The van der Waals surface area contributed by atoms with Gasteiger partial charge in [-0.3, -0.25) is 14.2 Å². The quantitative estimate of drug-likeness (QED) is 0.230. The Kier molecular flexibility index (Phi) is 6.47. The molecule has 9 heteroatoms. The summed E-state index contributed by atoms with van der Waals surface area (Å²) in [5.41, 5.74) is 2.19. The molecule has 1 atom stereocenters. The Morgan fingerprint density at radius 2 is 1.76 bits per heavy atom. The highest BCUT2D eigenvalue weighted by atomic mass is 32.2. The molecule has 0 saturated carbocycles. The molecule has 34 heavy (non-hydrogen) atoms. The Morgan fingerprint density at radius 3 is 2.50 bits per heavy atom. The lowest BCUT2D eigenvalue weighted by Gasteiger charge is -2.18. The Morgan fingerprint density at radius 1 is 1.03 bits per heavy atom. The second-order valence-corrected chi connectivity index (χ2v) is 9.12. The number of thioether (sulfide) groups is 1. The molecular formula is C25H20F3N3O2S. The van der Waals surface area contributed by atoms with E-state index in [1.54, 1.807) is 31.2 Å². The van der Waals surface area contributed by atoms with Gasteiger partial charge in [-0.2, -0.15) is 0 Å². The topological polar surface area (TPSA) is 64.0 Å². The fourth-order valence-corrected chi connectivity index (χ4v) is 4.45. The summed E-state index contributed by atoms with van der Waals surface area (Å²) >= 11 is 0.997. The normalized spacial score (nSPS) is 12.1. The lowest BCUT2D eigenvalue weighted by atomic mass is 10.1. The highest BCUT2D eigenvalue weighted by molar-refractivity contribution is 8.00. The number of para-hydroxylation sites is 1. The smallest absolute Gasteiger partial charge is 0.266 e. The first kappa shape index (κ1) is 23.6. The van der Waals surface area contributed by atoms with Gasteiger partial charge in [0.05, 0.1) is 27.5 Å². The molecule has 0 bridgehead atoms. The van der Waals surface area contributed by atoms with Crippen molar-refractivity contribution in [3.8, 4) is 5.69 Å². The Labute approximate surface area is 197 Å². The largest absolute Gasteiger partial charge is 0.323 e. The first-order chi connectivity index (χ1) is 16.2. The molecule has 174 valence electrons. The standard InChI is InChI=1S/C25H20F3N3O2S/c1-13-8-11-20(14(2)12-13)31-24(33)16-6-4-5-7-18(16)30-25(31)34-15(3)23(32)29-19-10-9-17(26)21(27)22(19)28/h4-12,15H,1-3H3,(H,29,32). The van der Waals surface area contributed by atoms with Crippen molar-refractivity contribution in [1.29, 1.82) is 0 Å². The molecule has 1 unspecified atom stereocenters. The summed E-state index contributed by atoms with van der Waals surface area (Å²) < 4.78 is 42.2. The van der Waals surface area contributed by atoms with E-state index in [1.165, 1.54) is 4.57 Å². The number of amides is 1. The van der Waals surface area contributed by atoms with Gasteiger partial charge in [0.2, 0.25) is 5.91 Å². The van der Waals surface area contributed by atoms with Crippen LogP contribution in [-0.4, -0.2) is 20.7 Å². The van der Waals surface area contributed by atoms with Gasteiger partial charge in [0.15, 0.2) is 22.6 Å². The van der Waals surface area contributed by atoms with E-state index in [0.717, 1.165) is 35.0 Å². The van der Waals surface area contributed by atoms with E-state index in [-0.39, 0.29) is 10.7 Å². The van der Waals surface area contributed by atoms with Crippen LogP contribution in [0.15, 0.2) is 64.5 Å². The number of hydrogen-bond acceptors (Lipinski definition) is 4. The van der Waals surface area contributed by atoms with Crippen LogP contribution in [0.4, 0.5) is 18.9 Å². The summed E-state index contributed by atoms with van der Waals surface area (Å²) in [5, 5.41) is 2.11. The zero-order chi connectivity index (χ0) is 24.6. The summed E-state index contributed by atoms with van der Waals surface area (Å²) in [6.45, 7) is 5.36. The number of aromatic nitrogens is 2. The van der Waals surface area contributed by atoms with Crippen molar-refractivity contribution < 1.29 is 18.0 Å². The SMILES string of the molecule is Cc1ccc(-n2c(SC(C)C(=O)Nc3ccc(F)c(F)c3F)nc3ccccc3c2=O)c(C)c1. The summed E-state index contributed by atoms with van der Waals surface area (Å²) in [6.07, 6.45) is 0. The highest BCUT2D eigenvalue weighted by Crippen LogP contribution is 2.28. The van der Waals surface area contributed by atoms with Crippen molar-refractivity contribution in [2.75, 3.05) is 5.32 Å². The predicted molar refractivity (Wildman–Crippen MR) is 127 cm³/mol. The van der Waals surface area contributed by atoms with Gasteiger partial charge in [0.1, 0.15) is 0 Å². The van der Waals surface area contributed by atoms with Gasteiger partial charge in [-0.05, 0) is 56.7 Å². The van der Waals surface area contributed by atoms with E-state index < -0.39 is 34.3 Å². The van der Waals surface area contributed by atoms with E-state index in [4.69, 9.17) is 0 Å². The molecule has 1 heterocycles. The maximum absolute atomic E-state index is 14.0. The number of fused-ring (bicyclic) bond motifs is 1. The molecule has 0 aliphatic carbocycles. The second-order valence-electron chi connectivity index (χ2n) is 7.81. The third-order valence-corrected chi connectivity index (χ3v) is 6.33. The van der Waals surface area contributed by atoms with E-state index in [1.807, 2.05) is 32.0 Å². The van der Waals surface area contributed by atoms with Crippen LogP contribution in [0.1, 0.15) is 18.1 Å². The van der Waals surface area contributed by atoms with Gasteiger partial charge in [-0.25, -0.2) is 18.2 Å².